The van der Waals surface area contributed by atoms with Crippen LogP contribution in [0.25, 0.3) is 0 Å². The first kappa shape index (κ1) is 12.3. The van der Waals surface area contributed by atoms with E-state index in [2.05, 4.69) is 12.1 Å². The van der Waals surface area contributed by atoms with E-state index < -0.39 is 0 Å². The molecule has 0 aromatic heterocycles. The van der Waals surface area contributed by atoms with Crippen LogP contribution in [-0.2, 0) is 0 Å². The fraction of sp³-hybridized carbons (Fsp3) is 0. The molecule has 0 aliphatic carbocycles. The van der Waals surface area contributed by atoms with Gasteiger partial charge in [-0.2, -0.15) is 0 Å². The van der Waals surface area contributed by atoms with Crippen molar-refractivity contribution in [1.29, 1.82) is 0 Å². The predicted molar refractivity (Wildman–Crippen MR) is 70.3 cm³/mol. The monoisotopic (exact) mass is 359 g/mol. The molecular weight excluding hydrogens is 348 g/mol. The Balaban J connectivity index is 2.12. The Bertz CT molecular complexity index is 517. The van der Waals surface area contributed by atoms with Gasteiger partial charge in [-0.05, 0) is 0 Å². The van der Waals surface area contributed by atoms with Crippen LogP contribution < -0.4 is 8.92 Å². The van der Waals surface area contributed by atoms with Gasteiger partial charge >= 0.3 is 111 Å². The number of hydrogen-bond acceptors (Lipinski definition) is 2. The third-order valence-electron chi connectivity index (χ3n) is 2.03. The van der Waals surface area contributed by atoms with Crippen molar-refractivity contribution in [3.63, 3.8) is 0 Å². The number of nitrogens with zero attached hydrogens (tertiary/aromatic N) is 1. The third kappa shape index (κ3) is 3.42. The van der Waals surface area contributed by atoms with Crippen LogP contribution in [0.3, 0.4) is 0 Å². The van der Waals surface area contributed by atoms with Crippen LogP contribution in [0.1, 0.15) is 0 Å². The van der Waals surface area contributed by atoms with Crippen molar-refractivity contribution in [3.05, 3.63) is 64.7 Å². The minimum atomic E-state index is -0.293. The van der Waals surface area contributed by atoms with Crippen LogP contribution >= 0.6 is 0 Å². The number of nitro groups is 1. The van der Waals surface area contributed by atoms with Gasteiger partial charge in [-0.15, -0.1) is 0 Å². The van der Waals surface area contributed by atoms with E-state index in [1.807, 2.05) is 30.3 Å². The molecule has 0 fully saturated rings. The van der Waals surface area contributed by atoms with Gasteiger partial charge in [0, 0.05) is 0 Å². The van der Waals surface area contributed by atoms with Gasteiger partial charge in [-0.1, -0.05) is 0 Å². The molecule has 0 aliphatic rings. The summed E-state index contributed by atoms with van der Waals surface area (Å²) in [7, 11) is 0. The van der Waals surface area contributed by atoms with Crippen molar-refractivity contribution in [2.75, 3.05) is 0 Å². The zero-order valence-electron chi connectivity index (χ0n) is 8.78. The Morgan fingerprint density at radius 2 is 1.53 bits per heavy atom. The Kier molecular flexibility index (Phi) is 4.35. The molecule has 5 heteroatoms. The number of hydrogen-bond donors (Lipinski definition) is 0. The Morgan fingerprint density at radius 1 is 0.882 bits per heavy atom. The predicted octanol–water partition coefficient (Wildman–Crippen LogP) is 0.869. The van der Waals surface area contributed by atoms with Crippen molar-refractivity contribution in [3.8, 4) is 0 Å². The molecule has 0 amide bonds. The fourth-order valence-electron chi connectivity index (χ4n) is 1.25. The van der Waals surface area contributed by atoms with Gasteiger partial charge in [0.2, 0.25) is 0 Å². The summed E-state index contributed by atoms with van der Waals surface area (Å²) < 4.78 is 2.17. The molecule has 17 heavy (non-hydrogen) atoms. The summed E-state index contributed by atoms with van der Waals surface area (Å²) in [5, 5.41) is 10.9. The van der Waals surface area contributed by atoms with E-state index in [1.54, 1.807) is 12.1 Å². The molecule has 0 unspecified atom stereocenters. The van der Waals surface area contributed by atoms with Gasteiger partial charge in [-0.25, -0.2) is 0 Å². The van der Waals surface area contributed by atoms with Crippen molar-refractivity contribution in [2.45, 2.75) is 0 Å². The zero-order chi connectivity index (χ0) is 12.1. The van der Waals surface area contributed by atoms with Crippen molar-refractivity contribution < 1.29 is 4.92 Å². The summed E-state index contributed by atoms with van der Waals surface area (Å²) in [6.45, 7) is 0. The van der Waals surface area contributed by atoms with Gasteiger partial charge < -0.3 is 0 Å². The first-order valence-electron chi connectivity index (χ1n) is 4.90. The van der Waals surface area contributed by atoms with E-state index in [-0.39, 0.29) is 23.7 Å². The average Bonchev–Trinajstić information content (AvgIpc) is 2.38. The van der Waals surface area contributed by atoms with Crippen molar-refractivity contribution in [1.82, 2.24) is 0 Å². The van der Waals surface area contributed by atoms with Gasteiger partial charge in [0.1, 0.15) is 0 Å². The minimum absolute atomic E-state index is 0.165. The summed E-state index contributed by atoms with van der Waals surface area (Å²) in [6.07, 6.45) is 0. The second-order valence-electron chi connectivity index (χ2n) is 3.20. The molecule has 0 saturated heterocycles. The molecule has 2 rings (SSSR count). The molecule has 86 valence electrons. The molecule has 0 N–H and O–H groups in total. The van der Waals surface area contributed by atoms with E-state index in [9.17, 15) is 10.1 Å². The second-order valence-corrected chi connectivity index (χ2v) is 9.45. The Labute approximate surface area is 110 Å². The zero-order valence-corrected chi connectivity index (χ0v) is 12.2. The summed E-state index contributed by atoms with van der Waals surface area (Å²) in [5.41, 5.74) is 0.255. The molecule has 0 bridgehead atoms. The number of nitro benzene ring substituents is 1. The fourth-order valence-corrected chi connectivity index (χ4v) is 7.74. The maximum absolute atomic E-state index is 10.9. The molecule has 3 nitrogen and oxygen atoms in total. The van der Waals surface area contributed by atoms with Gasteiger partial charge in [0.15, 0.2) is 0 Å². The van der Waals surface area contributed by atoms with Gasteiger partial charge in [-0.3, -0.25) is 0 Å². The summed E-state index contributed by atoms with van der Waals surface area (Å²) >= 11 is 0.471. The first-order valence-corrected chi connectivity index (χ1v) is 10.9. The number of benzene rings is 2. The summed E-state index contributed by atoms with van der Waals surface area (Å²) in [6, 6.07) is 17.2. The normalized spacial score (nSPS) is 10.1. The number of para-hydroxylation sites is 1. The molecule has 2 aromatic carbocycles. The van der Waals surface area contributed by atoms with Crippen LogP contribution in [0.5, 0.6) is 0 Å². The van der Waals surface area contributed by atoms with Crippen LogP contribution in [0.15, 0.2) is 54.6 Å². The SMILES string of the molecule is O=[N+]([O-])c1ccccc1[Se][Se]c1ccccc1. The number of rotatable bonds is 4. The molecule has 0 atom stereocenters. The van der Waals surface area contributed by atoms with E-state index >= 15 is 0 Å². The summed E-state index contributed by atoms with van der Waals surface area (Å²) in [4.78, 5) is 10.6. The molecule has 0 heterocycles. The van der Waals surface area contributed by atoms with E-state index in [4.69, 9.17) is 0 Å². The average molecular weight is 357 g/mol. The Hall–Kier alpha value is -1.12. The second kappa shape index (κ2) is 5.99. The summed E-state index contributed by atoms with van der Waals surface area (Å²) in [5.74, 6) is 0. The third-order valence-corrected chi connectivity index (χ3v) is 9.25. The van der Waals surface area contributed by atoms with E-state index in [1.165, 1.54) is 4.46 Å². The molecule has 2 aromatic rings. The van der Waals surface area contributed by atoms with E-state index in [0.29, 0.717) is 13.1 Å². The molecule has 0 aliphatic heterocycles. The molecule has 0 spiro atoms. The van der Waals surface area contributed by atoms with Crippen LogP contribution in [0.2, 0.25) is 0 Å². The standard InChI is InChI=1S/C12H9NO2Se2/c14-13(15)11-8-4-5-9-12(11)17-16-10-6-2-1-3-7-10/h1-9H. The molecule has 0 radical (unpaired) electrons. The molecular formula is C12H9NO2Se2. The first-order chi connectivity index (χ1) is 8.27. The van der Waals surface area contributed by atoms with Crippen LogP contribution in [0.4, 0.5) is 5.69 Å². The van der Waals surface area contributed by atoms with Crippen molar-refractivity contribution >= 4 is 40.9 Å². The Morgan fingerprint density at radius 3 is 2.24 bits per heavy atom. The maximum atomic E-state index is 10.9. The van der Waals surface area contributed by atoms with Gasteiger partial charge in [0.25, 0.3) is 0 Å². The van der Waals surface area contributed by atoms with Gasteiger partial charge in [0.05, 0.1) is 0 Å². The quantitative estimate of drug-likeness (QED) is 0.463. The van der Waals surface area contributed by atoms with Crippen LogP contribution in [-0.4, -0.2) is 31.2 Å². The topological polar surface area (TPSA) is 43.1 Å². The molecule has 0 saturated carbocycles. The van der Waals surface area contributed by atoms with Crippen LogP contribution in [0, 0.1) is 10.1 Å². The van der Waals surface area contributed by atoms with Crippen molar-refractivity contribution in [2.24, 2.45) is 0 Å². The van der Waals surface area contributed by atoms with E-state index in [0.717, 1.165) is 4.46 Å².